The van der Waals surface area contributed by atoms with Crippen molar-refractivity contribution < 1.29 is 4.42 Å². The number of hydrogen-bond donors (Lipinski definition) is 1. The minimum absolute atomic E-state index is 0.483. The average molecular weight is 266 g/mol. The molecular formula is C16H30N2O. The van der Waals surface area contributed by atoms with Crippen molar-refractivity contribution in [2.75, 3.05) is 7.05 Å². The van der Waals surface area contributed by atoms with Crippen molar-refractivity contribution in [1.82, 2.24) is 10.2 Å². The van der Waals surface area contributed by atoms with E-state index in [1.54, 1.807) is 0 Å². The van der Waals surface area contributed by atoms with Gasteiger partial charge in [-0.25, -0.2) is 0 Å². The summed E-state index contributed by atoms with van der Waals surface area (Å²) >= 11 is 0. The van der Waals surface area contributed by atoms with Gasteiger partial charge in [-0.05, 0) is 38.4 Å². The van der Waals surface area contributed by atoms with Crippen molar-refractivity contribution in [3.05, 3.63) is 23.2 Å². The zero-order valence-corrected chi connectivity index (χ0v) is 13.6. The largest absolute Gasteiger partial charge is 0.463 e. The number of rotatable bonds is 7. The molecule has 1 heterocycles. The molecule has 1 N–H and O–H groups in total. The Morgan fingerprint density at radius 3 is 2.37 bits per heavy atom. The highest BCUT2D eigenvalue weighted by atomic mass is 16.3. The topological polar surface area (TPSA) is 28.4 Å². The van der Waals surface area contributed by atoms with Crippen LogP contribution in [-0.2, 0) is 13.1 Å². The predicted octanol–water partition coefficient (Wildman–Crippen LogP) is 3.56. The molecule has 0 bridgehead atoms. The maximum Gasteiger partial charge on any atom is 0.120 e. The van der Waals surface area contributed by atoms with Gasteiger partial charge in [0, 0.05) is 12.1 Å². The molecule has 1 rings (SSSR count). The summed E-state index contributed by atoms with van der Waals surface area (Å²) in [5.74, 6) is 2.78. The van der Waals surface area contributed by atoms with Gasteiger partial charge in [-0.15, -0.1) is 0 Å². The second kappa shape index (κ2) is 7.11. The Morgan fingerprint density at radius 2 is 1.84 bits per heavy atom. The molecule has 0 aliphatic carbocycles. The summed E-state index contributed by atoms with van der Waals surface area (Å²) in [6.07, 6.45) is 0. The minimum atomic E-state index is 0.483. The van der Waals surface area contributed by atoms with Gasteiger partial charge in [0.2, 0.25) is 0 Å². The fourth-order valence-electron chi connectivity index (χ4n) is 2.04. The number of nitrogens with one attached hydrogen (secondary N) is 1. The quantitative estimate of drug-likeness (QED) is 0.818. The van der Waals surface area contributed by atoms with E-state index in [0.717, 1.165) is 24.6 Å². The fraction of sp³-hybridized carbons (Fsp3) is 0.750. The molecule has 0 saturated carbocycles. The average Bonchev–Trinajstić information content (AvgIpc) is 2.65. The van der Waals surface area contributed by atoms with E-state index in [9.17, 15) is 0 Å². The molecule has 0 aromatic carbocycles. The lowest BCUT2D eigenvalue weighted by Gasteiger charge is -2.26. The van der Waals surface area contributed by atoms with Crippen LogP contribution in [0.15, 0.2) is 10.5 Å². The Hall–Kier alpha value is -0.800. The van der Waals surface area contributed by atoms with Crippen LogP contribution in [0.25, 0.3) is 0 Å². The van der Waals surface area contributed by atoms with E-state index < -0.39 is 0 Å². The third-order valence-corrected chi connectivity index (χ3v) is 3.81. The molecule has 3 heteroatoms. The van der Waals surface area contributed by atoms with Crippen molar-refractivity contribution >= 4 is 0 Å². The van der Waals surface area contributed by atoms with Crippen LogP contribution in [0.5, 0.6) is 0 Å². The Balaban J connectivity index is 2.62. The molecule has 1 unspecified atom stereocenters. The van der Waals surface area contributed by atoms with Gasteiger partial charge in [-0.3, -0.25) is 4.90 Å². The van der Waals surface area contributed by atoms with E-state index in [2.05, 4.69) is 64.9 Å². The monoisotopic (exact) mass is 266 g/mol. The summed E-state index contributed by atoms with van der Waals surface area (Å²) < 4.78 is 5.96. The number of hydrogen-bond acceptors (Lipinski definition) is 3. The number of furan rings is 1. The summed E-state index contributed by atoms with van der Waals surface area (Å²) in [7, 11) is 2.16. The van der Waals surface area contributed by atoms with Crippen molar-refractivity contribution in [1.29, 1.82) is 0 Å². The van der Waals surface area contributed by atoms with Gasteiger partial charge in [0.15, 0.2) is 0 Å². The highest BCUT2D eigenvalue weighted by Gasteiger charge is 2.16. The van der Waals surface area contributed by atoms with Gasteiger partial charge in [0.05, 0.1) is 13.1 Å². The molecule has 0 radical (unpaired) electrons. The highest BCUT2D eigenvalue weighted by Crippen LogP contribution is 2.18. The first-order chi connectivity index (χ1) is 8.81. The minimum Gasteiger partial charge on any atom is -0.463 e. The first-order valence-electron chi connectivity index (χ1n) is 7.33. The lowest BCUT2D eigenvalue weighted by atomic mass is 10.1. The molecule has 0 saturated heterocycles. The van der Waals surface area contributed by atoms with Gasteiger partial charge in [0.1, 0.15) is 11.5 Å². The van der Waals surface area contributed by atoms with Crippen LogP contribution in [0.2, 0.25) is 0 Å². The van der Waals surface area contributed by atoms with Gasteiger partial charge in [0.25, 0.3) is 0 Å². The van der Waals surface area contributed by atoms with Crippen LogP contribution in [0.1, 0.15) is 51.7 Å². The number of nitrogens with zero attached hydrogens (tertiary/aromatic N) is 1. The molecular weight excluding hydrogens is 236 g/mol. The Morgan fingerprint density at radius 1 is 1.21 bits per heavy atom. The van der Waals surface area contributed by atoms with Crippen molar-refractivity contribution in [2.24, 2.45) is 5.92 Å². The second-order valence-corrected chi connectivity index (χ2v) is 6.25. The maximum atomic E-state index is 5.96. The van der Waals surface area contributed by atoms with Crippen LogP contribution >= 0.6 is 0 Å². The summed E-state index contributed by atoms with van der Waals surface area (Å²) in [5, 5.41) is 3.40. The summed E-state index contributed by atoms with van der Waals surface area (Å²) in [6, 6.07) is 3.21. The zero-order chi connectivity index (χ0) is 14.6. The Labute approximate surface area is 118 Å². The predicted molar refractivity (Wildman–Crippen MR) is 81.2 cm³/mol. The lowest BCUT2D eigenvalue weighted by Crippen LogP contribution is -2.32. The zero-order valence-electron chi connectivity index (χ0n) is 13.6. The Kier molecular flexibility index (Phi) is 6.08. The molecule has 1 atom stereocenters. The molecule has 110 valence electrons. The molecule has 0 aliphatic heterocycles. The molecule has 0 fully saturated rings. The molecule has 0 spiro atoms. The van der Waals surface area contributed by atoms with Crippen molar-refractivity contribution in [3.63, 3.8) is 0 Å². The van der Waals surface area contributed by atoms with Gasteiger partial charge in [-0.2, -0.15) is 0 Å². The molecule has 3 nitrogen and oxygen atoms in total. The molecule has 1 aromatic rings. The van der Waals surface area contributed by atoms with Crippen LogP contribution in [0, 0.1) is 12.8 Å². The van der Waals surface area contributed by atoms with Crippen molar-refractivity contribution in [2.45, 2.75) is 66.7 Å². The van der Waals surface area contributed by atoms with Crippen LogP contribution in [0.3, 0.4) is 0 Å². The lowest BCUT2D eigenvalue weighted by molar-refractivity contribution is 0.185. The van der Waals surface area contributed by atoms with E-state index in [4.69, 9.17) is 4.42 Å². The van der Waals surface area contributed by atoms with E-state index in [-0.39, 0.29) is 0 Å². The van der Waals surface area contributed by atoms with Gasteiger partial charge >= 0.3 is 0 Å². The molecule has 1 aromatic heterocycles. The summed E-state index contributed by atoms with van der Waals surface area (Å²) in [5.41, 5.74) is 1.24. The van der Waals surface area contributed by atoms with Crippen LogP contribution < -0.4 is 5.32 Å². The van der Waals surface area contributed by atoms with E-state index >= 15 is 0 Å². The second-order valence-electron chi connectivity index (χ2n) is 6.25. The third-order valence-electron chi connectivity index (χ3n) is 3.81. The third kappa shape index (κ3) is 5.00. The molecule has 0 amide bonds. The smallest absolute Gasteiger partial charge is 0.120 e. The van der Waals surface area contributed by atoms with E-state index in [1.807, 2.05) is 0 Å². The summed E-state index contributed by atoms with van der Waals surface area (Å²) in [6.45, 7) is 14.9. The van der Waals surface area contributed by atoms with Crippen molar-refractivity contribution in [3.8, 4) is 0 Å². The van der Waals surface area contributed by atoms with E-state index in [1.165, 1.54) is 5.56 Å². The van der Waals surface area contributed by atoms with Crippen LogP contribution in [0.4, 0.5) is 0 Å². The highest BCUT2D eigenvalue weighted by molar-refractivity contribution is 5.20. The SMILES string of the molecule is Cc1cc(CN(C)C(C)C(C)C)oc1CNC(C)C. The van der Waals surface area contributed by atoms with Gasteiger partial charge in [-0.1, -0.05) is 27.7 Å². The van der Waals surface area contributed by atoms with E-state index in [0.29, 0.717) is 18.0 Å². The summed E-state index contributed by atoms with van der Waals surface area (Å²) in [4.78, 5) is 2.35. The maximum absolute atomic E-state index is 5.96. The van der Waals surface area contributed by atoms with Gasteiger partial charge < -0.3 is 9.73 Å². The normalized spacial score (nSPS) is 13.8. The molecule has 19 heavy (non-hydrogen) atoms. The van der Waals surface area contributed by atoms with Crippen LogP contribution in [-0.4, -0.2) is 24.0 Å². The molecule has 0 aliphatic rings. The number of aryl methyl sites for hydroxylation is 1. The standard InChI is InChI=1S/C16H30N2O/c1-11(2)14(6)18(7)10-15-8-13(5)16(19-15)9-17-12(3)4/h8,11-12,14,17H,9-10H2,1-7H3. The Bertz CT molecular complexity index is 382. The first-order valence-corrected chi connectivity index (χ1v) is 7.33. The first kappa shape index (κ1) is 16.3. The fourth-order valence-corrected chi connectivity index (χ4v) is 2.04.